The van der Waals surface area contributed by atoms with Crippen molar-refractivity contribution >= 4 is 0 Å². The molecule has 0 aromatic heterocycles. The smallest absolute Gasteiger partial charge is 0.115 e. The monoisotopic (exact) mass is 325 g/mol. The van der Waals surface area contributed by atoms with Crippen molar-refractivity contribution in [3.8, 4) is 5.75 Å². The summed E-state index contributed by atoms with van der Waals surface area (Å²) in [5.74, 6) is 1.16. The molecule has 24 heavy (non-hydrogen) atoms. The lowest BCUT2D eigenvalue weighted by Gasteiger charge is -2.63. The second-order valence-electron chi connectivity index (χ2n) is 8.49. The van der Waals surface area contributed by atoms with Crippen molar-refractivity contribution in [3.05, 3.63) is 41.5 Å². The lowest BCUT2D eigenvalue weighted by Crippen LogP contribution is -2.72. The number of allylic oxidation sites excluding steroid dienone is 1. The van der Waals surface area contributed by atoms with Gasteiger partial charge >= 0.3 is 0 Å². The van der Waals surface area contributed by atoms with Crippen LogP contribution >= 0.6 is 0 Å². The van der Waals surface area contributed by atoms with Gasteiger partial charge in [-0.25, -0.2) is 0 Å². The molecule has 3 nitrogen and oxygen atoms in total. The highest BCUT2D eigenvalue weighted by Gasteiger charge is 2.62. The van der Waals surface area contributed by atoms with Gasteiger partial charge in [-0.3, -0.25) is 4.90 Å². The van der Waals surface area contributed by atoms with E-state index in [1.165, 1.54) is 30.4 Å². The molecule has 2 fully saturated rings. The second kappa shape index (κ2) is 5.09. The molecule has 4 aliphatic rings. The molecule has 5 rings (SSSR count). The minimum atomic E-state index is -0.690. The fourth-order valence-electron chi connectivity index (χ4n) is 5.88. The van der Waals surface area contributed by atoms with Gasteiger partial charge in [0.25, 0.3) is 0 Å². The van der Waals surface area contributed by atoms with E-state index < -0.39 is 5.60 Å². The van der Waals surface area contributed by atoms with Crippen molar-refractivity contribution in [1.29, 1.82) is 0 Å². The Morgan fingerprint density at radius 1 is 1.17 bits per heavy atom. The van der Waals surface area contributed by atoms with E-state index in [0.29, 0.717) is 5.75 Å². The van der Waals surface area contributed by atoms with Gasteiger partial charge in [-0.1, -0.05) is 24.6 Å². The quantitative estimate of drug-likeness (QED) is 0.821. The molecule has 0 unspecified atom stereocenters. The molecule has 1 heterocycles. The van der Waals surface area contributed by atoms with Crippen LogP contribution in [0, 0.1) is 5.92 Å². The molecule has 3 atom stereocenters. The molecular formula is C21H27NO2. The van der Waals surface area contributed by atoms with Gasteiger partial charge in [0.05, 0.1) is 5.60 Å². The minimum Gasteiger partial charge on any atom is -0.508 e. The number of benzene rings is 1. The van der Waals surface area contributed by atoms with Gasteiger partial charge in [0.15, 0.2) is 0 Å². The highest BCUT2D eigenvalue weighted by atomic mass is 16.3. The molecule has 1 aliphatic heterocycles. The number of fused-ring (bicyclic) bond motifs is 1. The van der Waals surface area contributed by atoms with Crippen molar-refractivity contribution in [3.63, 3.8) is 0 Å². The average Bonchev–Trinajstić information content (AvgIpc) is 2.53. The van der Waals surface area contributed by atoms with Crippen LogP contribution in [0.3, 0.4) is 0 Å². The highest BCUT2D eigenvalue weighted by Crippen LogP contribution is 2.57. The maximum absolute atomic E-state index is 11.9. The van der Waals surface area contributed by atoms with Gasteiger partial charge in [0.1, 0.15) is 5.75 Å². The molecule has 0 amide bonds. The van der Waals surface area contributed by atoms with Gasteiger partial charge in [-0.15, -0.1) is 0 Å². The first-order valence-corrected chi connectivity index (χ1v) is 9.56. The zero-order valence-corrected chi connectivity index (χ0v) is 14.2. The van der Waals surface area contributed by atoms with Gasteiger partial charge in [0, 0.05) is 18.0 Å². The number of phenolic OH excluding ortho intramolecular Hbond substituents is 1. The number of likely N-dealkylation sites (tertiary alicyclic amines) is 1. The molecule has 1 saturated heterocycles. The van der Waals surface area contributed by atoms with Gasteiger partial charge in [-0.2, -0.15) is 0 Å². The zero-order chi connectivity index (χ0) is 16.4. The van der Waals surface area contributed by atoms with Crippen LogP contribution in [0.25, 0.3) is 0 Å². The number of phenols is 1. The average molecular weight is 325 g/mol. The first kappa shape index (κ1) is 15.0. The van der Waals surface area contributed by atoms with Crippen LogP contribution in [0.1, 0.15) is 49.7 Å². The van der Waals surface area contributed by atoms with Gasteiger partial charge in [-0.05, 0) is 74.2 Å². The van der Waals surface area contributed by atoms with Crippen LogP contribution in [-0.4, -0.2) is 39.8 Å². The Balaban J connectivity index is 1.61. The number of rotatable bonds is 2. The Morgan fingerprint density at radius 2 is 2.00 bits per heavy atom. The third-order valence-corrected chi connectivity index (χ3v) is 7.45. The van der Waals surface area contributed by atoms with E-state index in [0.717, 1.165) is 44.7 Å². The largest absolute Gasteiger partial charge is 0.508 e. The van der Waals surface area contributed by atoms with Crippen molar-refractivity contribution in [2.45, 2.75) is 62.0 Å². The predicted molar refractivity (Wildman–Crippen MR) is 94.1 cm³/mol. The summed E-state index contributed by atoms with van der Waals surface area (Å²) in [6.45, 7) is 2.23. The first-order chi connectivity index (χ1) is 11.6. The van der Waals surface area contributed by atoms with Crippen LogP contribution in [0.15, 0.2) is 30.4 Å². The summed E-state index contributed by atoms with van der Waals surface area (Å²) < 4.78 is 0. The van der Waals surface area contributed by atoms with E-state index in [9.17, 15) is 10.2 Å². The first-order valence-electron chi connectivity index (χ1n) is 9.56. The molecular weight excluding hydrogens is 298 g/mol. The fraction of sp³-hybridized carbons (Fsp3) is 0.619. The Hall–Kier alpha value is -1.32. The van der Waals surface area contributed by atoms with Crippen LogP contribution in [0.5, 0.6) is 5.75 Å². The molecule has 2 N–H and O–H groups in total. The number of hydrogen-bond acceptors (Lipinski definition) is 3. The Bertz CT molecular complexity index is 695. The number of piperidine rings is 1. The van der Waals surface area contributed by atoms with E-state index in [2.05, 4.69) is 23.1 Å². The molecule has 3 aliphatic carbocycles. The summed E-state index contributed by atoms with van der Waals surface area (Å²) in [4.78, 5) is 2.59. The Kier molecular flexibility index (Phi) is 3.18. The molecule has 1 aromatic rings. The van der Waals surface area contributed by atoms with Crippen LogP contribution in [-0.2, 0) is 11.8 Å². The van der Waals surface area contributed by atoms with Gasteiger partial charge < -0.3 is 10.2 Å². The van der Waals surface area contributed by atoms with E-state index in [1.807, 2.05) is 12.1 Å². The molecule has 1 aromatic carbocycles. The van der Waals surface area contributed by atoms with Gasteiger partial charge in [0.2, 0.25) is 0 Å². The second-order valence-corrected chi connectivity index (χ2v) is 8.49. The third kappa shape index (κ3) is 1.86. The summed E-state index contributed by atoms with van der Waals surface area (Å²) >= 11 is 0. The van der Waals surface area contributed by atoms with Crippen molar-refractivity contribution in [2.75, 3.05) is 13.1 Å². The normalized spacial score (nSPS) is 38.3. The third-order valence-electron chi connectivity index (χ3n) is 7.45. The summed E-state index contributed by atoms with van der Waals surface area (Å²) in [6, 6.07) is 6.04. The number of aromatic hydroxyl groups is 1. The lowest BCUT2D eigenvalue weighted by molar-refractivity contribution is -0.151. The number of nitrogens with zero attached hydrogens (tertiary/aromatic N) is 1. The van der Waals surface area contributed by atoms with E-state index in [-0.39, 0.29) is 11.5 Å². The van der Waals surface area contributed by atoms with Crippen LogP contribution in [0.4, 0.5) is 0 Å². The lowest BCUT2D eigenvalue weighted by atomic mass is 9.51. The Morgan fingerprint density at radius 3 is 2.79 bits per heavy atom. The number of hydrogen-bond donors (Lipinski definition) is 2. The highest BCUT2D eigenvalue weighted by molar-refractivity contribution is 5.49. The molecule has 3 heteroatoms. The maximum atomic E-state index is 11.9. The van der Waals surface area contributed by atoms with Crippen molar-refractivity contribution in [1.82, 2.24) is 4.90 Å². The van der Waals surface area contributed by atoms with E-state index in [4.69, 9.17) is 0 Å². The molecule has 0 radical (unpaired) electrons. The Labute approximate surface area is 144 Å². The standard InChI is InChI=1S/C21H27NO2/c23-17-7-6-16-12-19-21(24)9-2-1-8-20(21,18(16)13-17)10-11-22(19)14-15-4-3-5-15/h1-2,6-7,13,15,19,23-24H,3-5,8-12,14H2/t19-,20+,21-/m1/s1. The topological polar surface area (TPSA) is 43.7 Å². The summed E-state index contributed by atoms with van der Waals surface area (Å²) in [5.41, 5.74) is 1.63. The summed E-state index contributed by atoms with van der Waals surface area (Å²) in [5, 5.41) is 22.0. The van der Waals surface area contributed by atoms with E-state index in [1.54, 1.807) is 0 Å². The predicted octanol–water partition coefficient (Wildman–Crippen LogP) is 3.14. The molecule has 1 saturated carbocycles. The minimum absolute atomic E-state index is 0.213. The molecule has 128 valence electrons. The fourth-order valence-corrected chi connectivity index (χ4v) is 5.88. The van der Waals surface area contributed by atoms with Crippen LogP contribution < -0.4 is 0 Å². The maximum Gasteiger partial charge on any atom is 0.115 e. The van der Waals surface area contributed by atoms with Crippen LogP contribution in [0.2, 0.25) is 0 Å². The molecule has 0 spiro atoms. The summed E-state index contributed by atoms with van der Waals surface area (Å²) in [7, 11) is 0. The van der Waals surface area contributed by atoms with E-state index >= 15 is 0 Å². The SMILES string of the molecule is Oc1ccc2c(c1)[C@@]13CC=CC[C@@]1(O)[C@@H](C2)N(CC1CCC1)CC3. The molecule has 2 bridgehead atoms. The summed E-state index contributed by atoms with van der Waals surface area (Å²) in [6.07, 6.45) is 12.1. The van der Waals surface area contributed by atoms with Crippen molar-refractivity contribution < 1.29 is 10.2 Å². The number of aliphatic hydroxyl groups is 1. The van der Waals surface area contributed by atoms with Crippen molar-refractivity contribution in [2.24, 2.45) is 5.92 Å². The zero-order valence-electron chi connectivity index (χ0n) is 14.2.